The predicted octanol–water partition coefficient (Wildman–Crippen LogP) is 2.09. The van der Waals surface area contributed by atoms with Crippen LogP contribution in [0.25, 0.3) is 0 Å². The third-order valence-electron chi connectivity index (χ3n) is 1.88. The van der Waals surface area contributed by atoms with Gasteiger partial charge in [0.05, 0.1) is 11.6 Å². The number of halogens is 1. The van der Waals surface area contributed by atoms with Crippen LogP contribution in [0.15, 0.2) is 18.2 Å². The Morgan fingerprint density at radius 2 is 2.12 bits per heavy atom. The standard InChI is InChI=1S/C13H11ClN2O/c1-10(17)16-5-3-2-4-11-6-12(9-15)8-13(14)7-11/h6-8H,3,5H2,1H3,(H,16,17). The quantitative estimate of drug-likeness (QED) is 0.642. The highest BCUT2D eigenvalue weighted by atomic mass is 35.5. The Hall–Kier alpha value is -1.97. The van der Waals surface area contributed by atoms with Crippen LogP contribution < -0.4 is 5.32 Å². The van der Waals surface area contributed by atoms with E-state index in [1.54, 1.807) is 18.2 Å². The van der Waals surface area contributed by atoms with Crippen LogP contribution in [0.5, 0.6) is 0 Å². The fourth-order valence-corrected chi connectivity index (χ4v) is 1.43. The van der Waals surface area contributed by atoms with E-state index >= 15 is 0 Å². The second kappa shape index (κ2) is 6.58. The zero-order valence-corrected chi connectivity index (χ0v) is 10.1. The molecule has 3 nitrogen and oxygen atoms in total. The smallest absolute Gasteiger partial charge is 0.216 e. The van der Waals surface area contributed by atoms with E-state index < -0.39 is 0 Å². The summed E-state index contributed by atoms with van der Waals surface area (Å²) in [4.78, 5) is 10.6. The summed E-state index contributed by atoms with van der Waals surface area (Å²) in [5.74, 6) is 5.73. The van der Waals surface area contributed by atoms with Gasteiger partial charge in [-0.05, 0) is 18.2 Å². The lowest BCUT2D eigenvalue weighted by Gasteiger charge is -1.96. The molecule has 0 saturated heterocycles. The van der Waals surface area contributed by atoms with Gasteiger partial charge in [-0.2, -0.15) is 5.26 Å². The Morgan fingerprint density at radius 1 is 1.41 bits per heavy atom. The van der Waals surface area contributed by atoms with Gasteiger partial charge in [-0.1, -0.05) is 23.4 Å². The molecule has 0 atom stereocenters. The topological polar surface area (TPSA) is 52.9 Å². The van der Waals surface area contributed by atoms with Crippen LogP contribution in [0, 0.1) is 23.2 Å². The van der Waals surface area contributed by atoms with Gasteiger partial charge in [-0.25, -0.2) is 0 Å². The second-order valence-electron chi connectivity index (χ2n) is 3.38. The molecule has 0 unspecified atom stereocenters. The van der Waals surface area contributed by atoms with Gasteiger partial charge in [0.15, 0.2) is 0 Å². The molecule has 0 radical (unpaired) electrons. The Morgan fingerprint density at radius 3 is 2.76 bits per heavy atom. The molecule has 86 valence electrons. The number of nitrogens with zero attached hydrogens (tertiary/aromatic N) is 1. The number of rotatable bonds is 2. The van der Waals surface area contributed by atoms with E-state index in [-0.39, 0.29) is 5.91 Å². The minimum Gasteiger partial charge on any atom is -0.355 e. The average molecular weight is 247 g/mol. The van der Waals surface area contributed by atoms with Gasteiger partial charge in [0.1, 0.15) is 0 Å². The van der Waals surface area contributed by atoms with Crippen LogP contribution in [0.2, 0.25) is 5.02 Å². The average Bonchev–Trinajstić information content (AvgIpc) is 2.27. The maximum absolute atomic E-state index is 10.6. The molecule has 4 heteroatoms. The lowest BCUT2D eigenvalue weighted by atomic mass is 10.1. The van der Waals surface area contributed by atoms with Gasteiger partial charge in [0.2, 0.25) is 5.91 Å². The zero-order valence-electron chi connectivity index (χ0n) is 9.38. The predicted molar refractivity (Wildman–Crippen MR) is 66.3 cm³/mol. The molecule has 1 amide bonds. The number of amides is 1. The molecule has 0 fully saturated rings. The SMILES string of the molecule is CC(=O)NCCC#Cc1cc(Cl)cc(C#N)c1. The van der Waals surface area contributed by atoms with Gasteiger partial charge < -0.3 is 5.32 Å². The second-order valence-corrected chi connectivity index (χ2v) is 3.81. The van der Waals surface area contributed by atoms with Gasteiger partial charge >= 0.3 is 0 Å². The van der Waals surface area contributed by atoms with Crippen molar-refractivity contribution in [2.24, 2.45) is 0 Å². The van der Waals surface area contributed by atoms with E-state index in [1.165, 1.54) is 6.92 Å². The maximum Gasteiger partial charge on any atom is 0.216 e. The zero-order chi connectivity index (χ0) is 12.7. The van der Waals surface area contributed by atoms with Crippen molar-refractivity contribution in [1.29, 1.82) is 5.26 Å². The lowest BCUT2D eigenvalue weighted by molar-refractivity contribution is -0.118. The molecule has 0 bridgehead atoms. The van der Waals surface area contributed by atoms with Gasteiger partial charge in [0.25, 0.3) is 0 Å². The summed E-state index contributed by atoms with van der Waals surface area (Å²) in [5.41, 5.74) is 1.19. The molecule has 0 aliphatic heterocycles. The Bertz CT molecular complexity index is 520. The van der Waals surface area contributed by atoms with Crippen molar-refractivity contribution in [2.45, 2.75) is 13.3 Å². The number of hydrogen-bond acceptors (Lipinski definition) is 2. The van der Waals surface area contributed by atoms with Crippen LogP contribution in [-0.2, 0) is 4.79 Å². The van der Waals surface area contributed by atoms with Crippen molar-refractivity contribution in [3.63, 3.8) is 0 Å². The third kappa shape index (κ3) is 5.06. The van der Waals surface area contributed by atoms with Crippen LogP contribution in [-0.4, -0.2) is 12.5 Å². The first-order valence-corrected chi connectivity index (χ1v) is 5.43. The molecule has 1 N–H and O–H groups in total. The van der Waals surface area contributed by atoms with Crippen LogP contribution in [0.3, 0.4) is 0 Å². The molecule has 0 aliphatic rings. The van der Waals surface area contributed by atoms with Crippen molar-refractivity contribution in [3.05, 3.63) is 34.3 Å². The molecule has 0 spiro atoms. The Labute approximate surface area is 105 Å². The van der Waals surface area contributed by atoms with Crippen molar-refractivity contribution < 1.29 is 4.79 Å². The van der Waals surface area contributed by atoms with E-state index in [0.717, 1.165) is 0 Å². The Balaban J connectivity index is 2.63. The van der Waals surface area contributed by atoms with Crippen LogP contribution in [0.4, 0.5) is 0 Å². The lowest BCUT2D eigenvalue weighted by Crippen LogP contribution is -2.20. The van der Waals surface area contributed by atoms with Gasteiger partial charge in [-0.3, -0.25) is 4.79 Å². The molecule has 0 aromatic heterocycles. The molecule has 0 aliphatic carbocycles. The molecule has 0 heterocycles. The highest BCUT2D eigenvalue weighted by Gasteiger charge is 1.96. The van der Waals surface area contributed by atoms with Crippen LogP contribution >= 0.6 is 11.6 Å². The molecule has 1 aromatic carbocycles. The monoisotopic (exact) mass is 246 g/mol. The van der Waals surface area contributed by atoms with E-state index in [1.807, 2.05) is 6.07 Å². The normalized spacial score (nSPS) is 8.76. The molecular weight excluding hydrogens is 236 g/mol. The first-order valence-electron chi connectivity index (χ1n) is 5.06. The van der Waals surface area contributed by atoms with E-state index in [9.17, 15) is 4.79 Å². The van der Waals surface area contributed by atoms with Crippen molar-refractivity contribution in [3.8, 4) is 17.9 Å². The maximum atomic E-state index is 10.6. The van der Waals surface area contributed by atoms with Crippen molar-refractivity contribution >= 4 is 17.5 Å². The number of carbonyl (C=O) groups excluding carboxylic acids is 1. The third-order valence-corrected chi connectivity index (χ3v) is 2.10. The highest BCUT2D eigenvalue weighted by molar-refractivity contribution is 6.30. The van der Waals surface area contributed by atoms with E-state index in [4.69, 9.17) is 16.9 Å². The van der Waals surface area contributed by atoms with Crippen LogP contribution in [0.1, 0.15) is 24.5 Å². The van der Waals surface area contributed by atoms with Crippen molar-refractivity contribution in [1.82, 2.24) is 5.32 Å². The first-order chi connectivity index (χ1) is 8.11. The summed E-state index contributed by atoms with van der Waals surface area (Å²) in [6.45, 7) is 1.98. The summed E-state index contributed by atoms with van der Waals surface area (Å²) < 4.78 is 0. The molecule has 17 heavy (non-hydrogen) atoms. The Kier molecular flexibility index (Phi) is 5.07. The number of benzene rings is 1. The summed E-state index contributed by atoms with van der Waals surface area (Å²) in [5, 5.41) is 11.9. The van der Waals surface area contributed by atoms with Crippen molar-refractivity contribution in [2.75, 3.05) is 6.54 Å². The molecule has 0 saturated carbocycles. The summed E-state index contributed by atoms with van der Waals surface area (Å²) in [6, 6.07) is 6.98. The number of nitrogens with one attached hydrogen (secondary N) is 1. The summed E-state index contributed by atoms with van der Waals surface area (Å²) in [7, 11) is 0. The molecule has 1 rings (SSSR count). The van der Waals surface area contributed by atoms with Gasteiger partial charge in [0, 0.05) is 30.5 Å². The molecular formula is C13H11ClN2O. The number of nitriles is 1. The number of hydrogen-bond donors (Lipinski definition) is 1. The summed E-state index contributed by atoms with van der Waals surface area (Å²) in [6.07, 6.45) is 0.563. The number of carbonyl (C=O) groups is 1. The van der Waals surface area contributed by atoms with E-state index in [2.05, 4.69) is 17.2 Å². The largest absolute Gasteiger partial charge is 0.355 e. The minimum absolute atomic E-state index is 0.0682. The fourth-order valence-electron chi connectivity index (χ4n) is 1.19. The minimum atomic E-state index is -0.0682. The molecule has 1 aromatic rings. The van der Waals surface area contributed by atoms with Gasteiger partial charge in [-0.15, -0.1) is 0 Å². The fraction of sp³-hybridized carbons (Fsp3) is 0.231. The highest BCUT2D eigenvalue weighted by Crippen LogP contribution is 2.13. The summed E-state index contributed by atoms with van der Waals surface area (Å²) >= 11 is 5.83. The first kappa shape index (κ1) is 13.1. The van der Waals surface area contributed by atoms with E-state index in [0.29, 0.717) is 29.1 Å².